The fourth-order valence-corrected chi connectivity index (χ4v) is 3.83. The molecule has 1 atom stereocenters. The number of H-pyrrole nitrogens is 1. The Balaban J connectivity index is 1.88. The summed E-state index contributed by atoms with van der Waals surface area (Å²) < 4.78 is 45.3. The van der Waals surface area contributed by atoms with Gasteiger partial charge in [0.25, 0.3) is 0 Å². The number of nitrogens with one attached hydrogen (secondary N) is 2. The smallest absolute Gasteiger partial charge is 0.416 e. The number of hydrogen-bond acceptors (Lipinski definition) is 2. The number of para-hydroxylation sites is 2. The van der Waals surface area contributed by atoms with Crippen molar-refractivity contribution in [2.75, 3.05) is 12.4 Å². The number of rotatable bonds is 5. The topological polar surface area (TPSA) is 37.0 Å². The Morgan fingerprint density at radius 3 is 2.43 bits per heavy atom. The van der Waals surface area contributed by atoms with Crippen molar-refractivity contribution in [2.24, 2.45) is 0 Å². The molecule has 4 aromatic rings. The molecule has 0 bridgehead atoms. The average Bonchev–Trinajstić information content (AvgIpc) is 3.07. The van der Waals surface area contributed by atoms with Crippen LogP contribution in [0.4, 0.5) is 18.9 Å². The highest BCUT2D eigenvalue weighted by Gasteiger charge is 2.31. The van der Waals surface area contributed by atoms with E-state index in [4.69, 9.17) is 4.74 Å². The van der Waals surface area contributed by atoms with Gasteiger partial charge in [0, 0.05) is 33.4 Å². The van der Waals surface area contributed by atoms with E-state index in [9.17, 15) is 13.2 Å². The number of aromatic amines is 1. The van der Waals surface area contributed by atoms with Crippen molar-refractivity contribution in [1.82, 2.24) is 4.98 Å². The fraction of sp³-hybridized carbons (Fsp3) is 0.167. The normalized spacial score (nSPS) is 12.7. The van der Waals surface area contributed by atoms with Crippen molar-refractivity contribution in [3.8, 4) is 5.75 Å². The Labute approximate surface area is 172 Å². The van der Waals surface area contributed by atoms with E-state index in [0.717, 1.165) is 39.9 Å². The molecule has 30 heavy (non-hydrogen) atoms. The molecule has 0 aliphatic heterocycles. The first-order valence-corrected chi connectivity index (χ1v) is 9.52. The number of hydrogen-bond donors (Lipinski definition) is 2. The molecule has 0 saturated heterocycles. The van der Waals surface area contributed by atoms with Crippen LogP contribution in [0.1, 0.15) is 28.4 Å². The zero-order chi connectivity index (χ0) is 21.3. The van der Waals surface area contributed by atoms with Crippen molar-refractivity contribution in [1.29, 1.82) is 0 Å². The summed E-state index contributed by atoms with van der Waals surface area (Å²) in [5.74, 6) is 0.659. The molecular formula is C24H21F3N2O. The highest BCUT2D eigenvalue weighted by molar-refractivity contribution is 5.86. The standard InChI is InChI=1S/C24H21F3N2O/c1-15-22(18-10-3-5-12-20(18)28-15)23(19-11-4-6-13-21(19)30-2)29-17-9-7-8-16(14-17)24(25,26)27/h3-14,23,28-29H,1-2H3. The van der Waals surface area contributed by atoms with Gasteiger partial charge in [-0.1, -0.05) is 42.5 Å². The van der Waals surface area contributed by atoms with Gasteiger partial charge in [0.15, 0.2) is 0 Å². The summed E-state index contributed by atoms with van der Waals surface area (Å²) in [4.78, 5) is 3.38. The SMILES string of the molecule is COc1ccccc1C(Nc1cccc(C(F)(F)F)c1)c1c(C)[nH]c2ccccc12. The van der Waals surface area contributed by atoms with E-state index in [2.05, 4.69) is 10.3 Å². The average molecular weight is 410 g/mol. The summed E-state index contributed by atoms with van der Waals surface area (Å²) in [6.07, 6.45) is -4.41. The molecule has 0 radical (unpaired) electrons. The van der Waals surface area contributed by atoms with Gasteiger partial charge in [-0.3, -0.25) is 0 Å². The van der Waals surface area contributed by atoms with Gasteiger partial charge < -0.3 is 15.0 Å². The summed E-state index contributed by atoms with van der Waals surface area (Å²) in [5.41, 5.74) is 3.40. The first kappa shape index (κ1) is 19.9. The number of anilines is 1. The number of methoxy groups -OCH3 is 1. The van der Waals surface area contributed by atoms with Gasteiger partial charge >= 0.3 is 6.18 Å². The summed E-state index contributed by atoms with van der Waals surface area (Å²) in [6.45, 7) is 1.96. The van der Waals surface area contributed by atoms with Crippen LogP contribution in [-0.2, 0) is 6.18 Å². The van der Waals surface area contributed by atoms with Gasteiger partial charge in [-0.25, -0.2) is 0 Å². The maximum Gasteiger partial charge on any atom is 0.416 e. The number of aryl methyl sites for hydroxylation is 1. The number of ether oxygens (including phenoxy) is 1. The Morgan fingerprint density at radius 2 is 1.67 bits per heavy atom. The lowest BCUT2D eigenvalue weighted by Crippen LogP contribution is -2.15. The van der Waals surface area contributed by atoms with Crippen LogP contribution in [-0.4, -0.2) is 12.1 Å². The van der Waals surface area contributed by atoms with E-state index in [1.165, 1.54) is 6.07 Å². The summed E-state index contributed by atoms with van der Waals surface area (Å²) in [5, 5.41) is 4.32. The van der Waals surface area contributed by atoms with Crippen molar-refractivity contribution < 1.29 is 17.9 Å². The molecule has 0 spiro atoms. The lowest BCUT2D eigenvalue weighted by Gasteiger charge is -2.24. The molecule has 3 nitrogen and oxygen atoms in total. The van der Waals surface area contributed by atoms with Crippen LogP contribution in [0.2, 0.25) is 0 Å². The van der Waals surface area contributed by atoms with Crippen LogP contribution in [0.5, 0.6) is 5.75 Å². The van der Waals surface area contributed by atoms with E-state index >= 15 is 0 Å². The number of aromatic nitrogens is 1. The molecule has 0 fully saturated rings. The van der Waals surface area contributed by atoms with E-state index < -0.39 is 17.8 Å². The number of fused-ring (bicyclic) bond motifs is 1. The number of benzene rings is 3. The molecule has 1 heterocycles. The minimum atomic E-state index is -4.41. The monoisotopic (exact) mass is 410 g/mol. The Kier molecular flexibility index (Phi) is 5.16. The van der Waals surface area contributed by atoms with Crippen molar-refractivity contribution in [3.05, 3.63) is 95.2 Å². The minimum absolute atomic E-state index is 0.380. The summed E-state index contributed by atoms with van der Waals surface area (Å²) in [7, 11) is 1.59. The second-order valence-corrected chi connectivity index (χ2v) is 7.11. The van der Waals surface area contributed by atoms with Gasteiger partial charge in [-0.15, -0.1) is 0 Å². The maximum atomic E-state index is 13.2. The lowest BCUT2D eigenvalue weighted by molar-refractivity contribution is -0.137. The highest BCUT2D eigenvalue weighted by atomic mass is 19.4. The van der Waals surface area contributed by atoms with Gasteiger partial charge in [0.05, 0.1) is 18.7 Å². The number of alkyl halides is 3. The van der Waals surface area contributed by atoms with Crippen molar-refractivity contribution >= 4 is 16.6 Å². The van der Waals surface area contributed by atoms with Crippen molar-refractivity contribution in [3.63, 3.8) is 0 Å². The fourth-order valence-electron chi connectivity index (χ4n) is 3.83. The predicted molar refractivity (Wildman–Crippen MR) is 113 cm³/mol. The predicted octanol–water partition coefficient (Wildman–Crippen LogP) is 6.71. The van der Waals surface area contributed by atoms with Crippen LogP contribution in [0.3, 0.4) is 0 Å². The van der Waals surface area contributed by atoms with Crippen LogP contribution in [0, 0.1) is 6.92 Å². The van der Waals surface area contributed by atoms with Crippen LogP contribution in [0.25, 0.3) is 10.9 Å². The van der Waals surface area contributed by atoms with Gasteiger partial charge in [-0.2, -0.15) is 13.2 Å². The third kappa shape index (κ3) is 3.73. The Hall–Kier alpha value is -3.41. The number of halogens is 3. The van der Waals surface area contributed by atoms with Gasteiger partial charge in [-0.05, 0) is 37.3 Å². The Bertz CT molecular complexity index is 1180. The van der Waals surface area contributed by atoms with E-state index in [1.54, 1.807) is 13.2 Å². The largest absolute Gasteiger partial charge is 0.496 e. The Morgan fingerprint density at radius 1 is 0.933 bits per heavy atom. The van der Waals surface area contributed by atoms with E-state index in [1.807, 2.05) is 55.5 Å². The quantitative estimate of drug-likeness (QED) is 0.384. The molecule has 6 heteroatoms. The molecular weight excluding hydrogens is 389 g/mol. The molecule has 3 aromatic carbocycles. The zero-order valence-electron chi connectivity index (χ0n) is 16.5. The van der Waals surface area contributed by atoms with Crippen molar-refractivity contribution in [2.45, 2.75) is 19.1 Å². The van der Waals surface area contributed by atoms with Crippen LogP contribution >= 0.6 is 0 Å². The molecule has 1 unspecified atom stereocenters. The van der Waals surface area contributed by atoms with Crippen LogP contribution < -0.4 is 10.1 Å². The second-order valence-electron chi connectivity index (χ2n) is 7.11. The molecule has 2 N–H and O–H groups in total. The molecule has 0 amide bonds. The first-order chi connectivity index (χ1) is 14.4. The van der Waals surface area contributed by atoms with E-state index in [-0.39, 0.29) is 0 Å². The summed E-state index contributed by atoms with van der Waals surface area (Å²) in [6, 6.07) is 20.2. The molecule has 4 rings (SSSR count). The minimum Gasteiger partial charge on any atom is -0.496 e. The molecule has 0 aliphatic rings. The third-order valence-corrected chi connectivity index (χ3v) is 5.18. The molecule has 0 saturated carbocycles. The van der Waals surface area contributed by atoms with Gasteiger partial charge in [0.2, 0.25) is 0 Å². The summed E-state index contributed by atoms with van der Waals surface area (Å²) >= 11 is 0. The highest BCUT2D eigenvalue weighted by Crippen LogP contribution is 2.39. The first-order valence-electron chi connectivity index (χ1n) is 9.52. The molecule has 0 aliphatic carbocycles. The van der Waals surface area contributed by atoms with E-state index in [0.29, 0.717) is 11.4 Å². The third-order valence-electron chi connectivity index (χ3n) is 5.18. The second kappa shape index (κ2) is 7.78. The molecule has 154 valence electrons. The van der Waals surface area contributed by atoms with Crippen LogP contribution in [0.15, 0.2) is 72.8 Å². The molecule has 1 aromatic heterocycles. The maximum absolute atomic E-state index is 13.2. The van der Waals surface area contributed by atoms with Gasteiger partial charge in [0.1, 0.15) is 5.75 Å². The lowest BCUT2D eigenvalue weighted by atomic mass is 9.94. The zero-order valence-corrected chi connectivity index (χ0v) is 16.5.